The number of hydrogen-bond acceptors (Lipinski definition) is 5. The van der Waals surface area contributed by atoms with Gasteiger partial charge in [0.2, 0.25) is 0 Å². The van der Waals surface area contributed by atoms with Gasteiger partial charge in [-0.15, -0.1) is 0 Å². The van der Waals surface area contributed by atoms with E-state index in [4.69, 9.17) is 4.74 Å². The van der Waals surface area contributed by atoms with Crippen molar-refractivity contribution in [2.75, 3.05) is 37.7 Å². The Balaban J connectivity index is 1.54. The molecule has 7 nitrogen and oxygen atoms in total. The maximum atomic E-state index is 12.2. The molecule has 25 heavy (non-hydrogen) atoms. The fourth-order valence-electron chi connectivity index (χ4n) is 2.76. The zero-order valence-corrected chi connectivity index (χ0v) is 14.3. The molecule has 1 aliphatic heterocycles. The Hall–Kier alpha value is -2.67. The van der Waals surface area contributed by atoms with Gasteiger partial charge in [-0.1, -0.05) is 0 Å². The standard InChI is InChI=1S/C18H22N4O3/c1-14-12-19-13-22(18(14)24)7-6-20-17(23)15-2-4-16(5-3-15)21-8-10-25-11-9-21/h2-5,12-13H,6-11H2,1H3,(H,20,23). The van der Waals surface area contributed by atoms with Crippen molar-refractivity contribution >= 4 is 11.6 Å². The molecule has 0 spiro atoms. The largest absolute Gasteiger partial charge is 0.378 e. The molecule has 1 N–H and O–H groups in total. The molecule has 2 aromatic rings. The van der Waals surface area contributed by atoms with Crippen molar-refractivity contribution in [3.05, 3.63) is 58.3 Å². The number of aryl methyl sites for hydroxylation is 1. The van der Waals surface area contributed by atoms with E-state index >= 15 is 0 Å². The van der Waals surface area contributed by atoms with Crippen LogP contribution in [0.3, 0.4) is 0 Å². The van der Waals surface area contributed by atoms with E-state index in [0.717, 1.165) is 32.0 Å². The highest BCUT2D eigenvalue weighted by molar-refractivity contribution is 5.94. The van der Waals surface area contributed by atoms with Crippen LogP contribution in [0.15, 0.2) is 41.6 Å². The second-order valence-corrected chi connectivity index (χ2v) is 5.98. The van der Waals surface area contributed by atoms with Gasteiger partial charge in [0, 0.05) is 49.2 Å². The van der Waals surface area contributed by atoms with Crippen LogP contribution in [-0.2, 0) is 11.3 Å². The van der Waals surface area contributed by atoms with Crippen molar-refractivity contribution < 1.29 is 9.53 Å². The summed E-state index contributed by atoms with van der Waals surface area (Å²) in [5.41, 5.74) is 2.20. The van der Waals surface area contributed by atoms with Crippen molar-refractivity contribution in [1.29, 1.82) is 0 Å². The molecule has 7 heteroatoms. The SMILES string of the molecule is Cc1cncn(CCNC(=O)c2ccc(N3CCOCC3)cc2)c1=O. The number of nitrogens with zero attached hydrogens (tertiary/aromatic N) is 3. The summed E-state index contributed by atoms with van der Waals surface area (Å²) in [7, 11) is 0. The Morgan fingerprint density at radius 1 is 1.24 bits per heavy atom. The second-order valence-electron chi connectivity index (χ2n) is 5.98. The molecule has 0 bridgehead atoms. The van der Waals surface area contributed by atoms with Gasteiger partial charge in [0.15, 0.2) is 0 Å². The number of rotatable bonds is 5. The number of ether oxygens (including phenoxy) is 1. The van der Waals surface area contributed by atoms with Gasteiger partial charge in [0.05, 0.1) is 19.5 Å². The Kier molecular flexibility index (Phi) is 5.45. The molecule has 1 aromatic carbocycles. The third-order valence-corrected chi connectivity index (χ3v) is 4.22. The summed E-state index contributed by atoms with van der Waals surface area (Å²) in [6.07, 6.45) is 3.02. The van der Waals surface area contributed by atoms with E-state index in [1.54, 1.807) is 6.92 Å². The number of hydrogen-bond donors (Lipinski definition) is 1. The number of nitrogens with one attached hydrogen (secondary N) is 1. The van der Waals surface area contributed by atoms with Crippen molar-refractivity contribution in [1.82, 2.24) is 14.9 Å². The van der Waals surface area contributed by atoms with Gasteiger partial charge in [-0.05, 0) is 31.2 Å². The van der Waals surface area contributed by atoms with Crippen LogP contribution in [0.5, 0.6) is 0 Å². The summed E-state index contributed by atoms with van der Waals surface area (Å²) in [6, 6.07) is 7.55. The summed E-state index contributed by atoms with van der Waals surface area (Å²) < 4.78 is 6.84. The highest BCUT2D eigenvalue weighted by Gasteiger charge is 2.12. The Morgan fingerprint density at radius 2 is 1.96 bits per heavy atom. The number of anilines is 1. The molecule has 2 heterocycles. The zero-order valence-electron chi connectivity index (χ0n) is 14.3. The number of carbonyl (C=O) groups excluding carboxylic acids is 1. The smallest absolute Gasteiger partial charge is 0.256 e. The van der Waals surface area contributed by atoms with Gasteiger partial charge in [-0.25, -0.2) is 4.98 Å². The first-order valence-corrected chi connectivity index (χ1v) is 8.37. The molecule has 0 atom stereocenters. The molecular weight excluding hydrogens is 320 g/mol. The van der Waals surface area contributed by atoms with Crippen LogP contribution in [0.25, 0.3) is 0 Å². The van der Waals surface area contributed by atoms with Gasteiger partial charge in [-0.2, -0.15) is 0 Å². The Bertz CT molecular complexity index is 780. The molecule has 0 radical (unpaired) electrons. The molecule has 1 aliphatic rings. The fourth-order valence-corrected chi connectivity index (χ4v) is 2.76. The van der Waals surface area contributed by atoms with Crippen LogP contribution in [0, 0.1) is 6.92 Å². The summed E-state index contributed by atoms with van der Waals surface area (Å²) in [6.45, 7) is 5.68. The summed E-state index contributed by atoms with van der Waals surface area (Å²) in [5.74, 6) is -0.151. The number of benzene rings is 1. The highest BCUT2D eigenvalue weighted by Crippen LogP contribution is 2.16. The van der Waals surface area contributed by atoms with Crippen molar-refractivity contribution in [3.8, 4) is 0 Å². The van der Waals surface area contributed by atoms with E-state index in [2.05, 4.69) is 15.2 Å². The third-order valence-electron chi connectivity index (χ3n) is 4.22. The topological polar surface area (TPSA) is 76.5 Å². The maximum Gasteiger partial charge on any atom is 0.256 e. The molecule has 1 aromatic heterocycles. The summed E-state index contributed by atoms with van der Waals surface area (Å²) in [4.78, 5) is 30.4. The molecule has 0 unspecified atom stereocenters. The van der Waals surface area contributed by atoms with Gasteiger partial charge >= 0.3 is 0 Å². The molecule has 1 amide bonds. The molecule has 0 aliphatic carbocycles. The van der Waals surface area contributed by atoms with Gasteiger partial charge < -0.3 is 15.0 Å². The number of morpholine rings is 1. The second kappa shape index (κ2) is 7.94. The van der Waals surface area contributed by atoms with Gasteiger partial charge in [0.25, 0.3) is 11.5 Å². The minimum Gasteiger partial charge on any atom is -0.378 e. The Labute approximate surface area is 146 Å². The summed E-state index contributed by atoms with van der Waals surface area (Å²) >= 11 is 0. The average Bonchev–Trinajstić information content (AvgIpc) is 2.66. The van der Waals surface area contributed by atoms with Crippen LogP contribution in [0.1, 0.15) is 15.9 Å². The van der Waals surface area contributed by atoms with E-state index < -0.39 is 0 Å². The van der Waals surface area contributed by atoms with Gasteiger partial charge in [-0.3, -0.25) is 14.2 Å². The first-order valence-electron chi connectivity index (χ1n) is 8.37. The lowest BCUT2D eigenvalue weighted by Crippen LogP contribution is -2.36. The van der Waals surface area contributed by atoms with E-state index in [9.17, 15) is 9.59 Å². The Morgan fingerprint density at radius 3 is 2.68 bits per heavy atom. The molecule has 132 valence electrons. The van der Waals surface area contributed by atoms with E-state index in [1.165, 1.54) is 17.1 Å². The van der Waals surface area contributed by atoms with Crippen LogP contribution in [-0.4, -0.2) is 48.3 Å². The number of amides is 1. The lowest BCUT2D eigenvalue weighted by atomic mass is 10.1. The molecular formula is C18H22N4O3. The fraction of sp³-hybridized carbons (Fsp3) is 0.389. The zero-order chi connectivity index (χ0) is 17.6. The first kappa shape index (κ1) is 17.2. The van der Waals surface area contributed by atoms with Crippen LogP contribution >= 0.6 is 0 Å². The van der Waals surface area contributed by atoms with E-state index in [0.29, 0.717) is 24.2 Å². The lowest BCUT2D eigenvalue weighted by molar-refractivity contribution is 0.0952. The lowest BCUT2D eigenvalue weighted by Gasteiger charge is -2.28. The van der Waals surface area contributed by atoms with Crippen molar-refractivity contribution in [3.63, 3.8) is 0 Å². The average molecular weight is 342 g/mol. The quantitative estimate of drug-likeness (QED) is 0.870. The molecule has 1 fully saturated rings. The van der Waals surface area contributed by atoms with Crippen LogP contribution < -0.4 is 15.8 Å². The van der Waals surface area contributed by atoms with Crippen molar-refractivity contribution in [2.45, 2.75) is 13.5 Å². The summed E-state index contributed by atoms with van der Waals surface area (Å²) in [5, 5.41) is 2.83. The third kappa shape index (κ3) is 4.24. The minimum absolute atomic E-state index is 0.0842. The molecule has 0 saturated carbocycles. The predicted molar refractivity (Wildman–Crippen MR) is 95.0 cm³/mol. The number of aromatic nitrogens is 2. The van der Waals surface area contributed by atoms with Crippen LogP contribution in [0.4, 0.5) is 5.69 Å². The minimum atomic E-state index is -0.151. The highest BCUT2D eigenvalue weighted by atomic mass is 16.5. The van der Waals surface area contributed by atoms with E-state index in [1.807, 2.05) is 24.3 Å². The van der Waals surface area contributed by atoms with Crippen LogP contribution in [0.2, 0.25) is 0 Å². The van der Waals surface area contributed by atoms with E-state index in [-0.39, 0.29) is 11.5 Å². The van der Waals surface area contributed by atoms with Gasteiger partial charge in [0.1, 0.15) is 0 Å². The first-order chi connectivity index (χ1) is 12.1. The molecule has 1 saturated heterocycles. The molecule has 3 rings (SSSR count). The normalized spacial score (nSPS) is 14.4. The predicted octanol–water partition coefficient (Wildman–Crippen LogP) is 0.818. The maximum absolute atomic E-state index is 12.2. The number of carbonyl (C=O) groups is 1. The van der Waals surface area contributed by atoms with Crippen molar-refractivity contribution in [2.24, 2.45) is 0 Å². The monoisotopic (exact) mass is 342 g/mol.